The molecule has 0 fully saturated rings. The maximum absolute atomic E-state index is 5.81. The van der Waals surface area contributed by atoms with Crippen LogP contribution in [-0.2, 0) is 0 Å². The first-order valence-corrected chi connectivity index (χ1v) is 4.10. The van der Waals surface area contributed by atoms with E-state index in [2.05, 4.69) is 34.1 Å². The zero-order valence-electron chi connectivity index (χ0n) is 8.63. The van der Waals surface area contributed by atoms with Crippen LogP contribution >= 0.6 is 0 Å². The topological polar surface area (TPSA) is 26.0 Å². The number of hydrogen-bond acceptors (Lipinski definition) is 1. The number of rotatable bonds is 1. The van der Waals surface area contributed by atoms with Crippen molar-refractivity contribution in [3.05, 3.63) is 23.8 Å². The zero-order chi connectivity index (χ0) is 9.35. The molecule has 3 heteroatoms. The highest BCUT2D eigenvalue weighted by atomic mass is 35.5. The number of hydrogen-bond donors (Lipinski definition) is 1. The van der Waals surface area contributed by atoms with Crippen molar-refractivity contribution in [1.29, 1.82) is 0 Å². The molecule has 0 spiro atoms. The smallest absolute Gasteiger partial charge is 0.137 e. The van der Waals surface area contributed by atoms with Gasteiger partial charge in [0.1, 0.15) is 5.69 Å². The molecule has 0 atom stereocenters. The Morgan fingerprint density at radius 1 is 1.15 bits per heavy atom. The number of anilines is 1. The van der Waals surface area contributed by atoms with Crippen LogP contribution in [0.5, 0.6) is 0 Å². The van der Waals surface area contributed by atoms with Gasteiger partial charge < -0.3 is 18.1 Å². The summed E-state index contributed by atoms with van der Waals surface area (Å²) in [6.07, 6.45) is 0. The Hall–Kier alpha value is -0.730. The van der Waals surface area contributed by atoms with Crippen molar-refractivity contribution in [2.45, 2.75) is 6.92 Å². The van der Waals surface area contributed by atoms with E-state index in [9.17, 15) is 0 Å². The molecule has 0 amide bonds. The van der Waals surface area contributed by atoms with Crippen molar-refractivity contribution in [1.82, 2.24) is 4.48 Å². The van der Waals surface area contributed by atoms with E-state index in [0.29, 0.717) is 0 Å². The van der Waals surface area contributed by atoms with Crippen LogP contribution in [0.2, 0.25) is 0 Å². The van der Waals surface area contributed by atoms with Crippen LogP contribution in [0.3, 0.4) is 0 Å². The molecule has 0 aliphatic carbocycles. The lowest BCUT2D eigenvalue weighted by molar-refractivity contribution is -0.00000288. The third-order valence-electron chi connectivity index (χ3n) is 2.07. The predicted molar refractivity (Wildman–Crippen MR) is 55.2 cm³/mol. The van der Waals surface area contributed by atoms with E-state index >= 15 is 0 Å². The van der Waals surface area contributed by atoms with Crippen LogP contribution in [-0.4, -0.2) is 21.1 Å². The summed E-state index contributed by atoms with van der Waals surface area (Å²) in [5, 5.41) is 0. The molecule has 0 heterocycles. The van der Waals surface area contributed by atoms with E-state index in [1.54, 1.807) is 0 Å². The van der Waals surface area contributed by atoms with Crippen molar-refractivity contribution < 1.29 is 12.4 Å². The van der Waals surface area contributed by atoms with Gasteiger partial charge in [0.15, 0.2) is 0 Å². The Bertz CT molecular complexity index is 289. The molecule has 13 heavy (non-hydrogen) atoms. The lowest BCUT2D eigenvalue weighted by atomic mass is 10.1. The summed E-state index contributed by atoms with van der Waals surface area (Å²) in [7, 11) is 6.42. The van der Waals surface area contributed by atoms with Crippen LogP contribution in [0.4, 0.5) is 11.4 Å². The number of nitrogens with zero attached hydrogens (tertiary/aromatic N) is 1. The van der Waals surface area contributed by atoms with Crippen LogP contribution in [0.25, 0.3) is 0 Å². The highest BCUT2D eigenvalue weighted by molar-refractivity contribution is 5.61. The molecule has 0 aliphatic rings. The minimum Gasteiger partial charge on any atom is -1.00 e. The minimum atomic E-state index is 0. The van der Waals surface area contributed by atoms with Gasteiger partial charge in [-0.1, -0.05) is 6.07 Å². The second-order valence-electron chi connectivity index (χ2n) is 4.00. The first-order chi connectivity index (χ1) is 5.43. The number of nitrogens with two attached hydrogens (primary N) is 1. The van der Waals surface area contributed by atoms with Gasteiger partial charge in [0.05, 0.1) is 21.1 Å². The molecule has 0 unspecified atom stereocenters. The van der Waals surface area contributed by atoms with E-state index in [1.165, 1.54) is 11.3 Å². The summed E-state index contributed by atoms with van der Waals surface area (Å²) < 4.78 is 0.816. The first kappa shape index (κ1) is 12.3. The minimum absolute atomic E-state index is 0. The van der Waals surface area contributed by atoms with Gasteiger partial charge in [0.25, 0.3) is 0 Å². The Morgan fingerprint density at radius 2 is 1.69 bits per heavy atom. The molecule has 0 saturated carbocycles. The van der Waals surface area contributed by atoms with Gasteiger partial charge in [0.2, 0.25) is 0 Å². The molecule has 1 aromatic carbocycles. The fourth-order valence-electron chi connectivity index (χ4n) is 1.37. The summed E-state index contributed by atoms with van der Waals surface area (Å²) in [5.41, 5.74) is 9.14. The predicted octanol–water partition coefficient (Wildman–Crippen LogP) is -1.22. The molecule has 0 radical (unpaired) electrons. The average Bonchev–Trinajstić information content (AvgIpc) is 1.92. The molecule has 2 nitrogen and oxygen atoms in total. The molecule has 1 rings (SSSR count). The normalized spacial score (nSPS) is 10.8. The molecule has 0 aromatic heterocycles. The first-order valence-electron chi connectivity index (χ1n) is 4.10. The summed E-state index contributed by atoms with van der Waals surface area (Å²) in [6.45, 7) is 2.06. The molecular formula is C10H17ClN2. The van der Waals surface area contributed by atoms with Crippen LogP contribution < -0.4 is 22.6 Å². The summed E-state index contributed by atoms with van der Waals surface area (Å²) in [4.78, 5) is 0. The van der Waals surface area contributed by atoms with Gasteiger partial charge in [-0.15, -0.1) is 0 Å². The van der Waals surface area contributed by atoms with Gasteiger partial charge in [-0.2, -0.15) is 0 Å². The second-order valence-corrected chi connectivity index (χ2v) is 4.00. The Kier molecular flexibility index (Phi) is 3.76. The second kappa shape index (κ2) is 3.99. The monoisotopic (exact) mass is 200 g/mol. The standard InChI is InChI=1S/C10H17N2.ClH/c1-8-9(11)6-5-7-10(8)12(2,3)4;/h5-7H,11H2,1-4H3;1H/q+1;/p-1. The number of quaternary nitrogens is 1. The summed E-state index contributed by atoms with van der Waals surface area (Å²) in [5.74, 6) is 0. The number of benzene rings is 1. The van der Waals surface area contributed by atoms with Gasteiger partial charge in [-0.25, -0.2) is 0 Å². The SMILES string of the molecule is Cc1c(N)cccc1[N+](C)(C)C.[Cl-]. The Balaban J connectivity index is 0.00000144. The molecule has 74 valence electrons. The van der Waals surface area contributed by atoms with E-state index in [0.717, 1.165) is 10.2 Å². The average molecular weight is 201 g/mol. The van der Waals surface area contributed by atoms with Crippen LogP contribution in [0, 0.1) is 6.92 Å². The van der Waals surface area contributed by atoms with E-state index in [-0.39, 0.29) is 12.4 Å². The van der Waals surface area contributed by atoms with E-state index in [1.807, 2.05) is 12.1 Å². The van der Waals surface area contributed by atoms with Crippen molar-refractivity contribution in [2.24, 2.45) is 0 Å². The third kappa shape index (κ3) is 2.61. The fraction of sp³-hybridized carbons (Fsp3) is 0.400. The number of halogens is 1. The van der Waals surface area contributed by atoms with Gasteiger partial charge >= 0.3 is 0 Å². The van der Waals surface area contributed by atoms with Gasteiger partial charge in [-0.3, -0.25) is 4.48 Å². The molecule has 2 N–H and O–H groups in total. The maximum Gasteiger partial charge on any atom is 0.137 e. The molecule has 1 aromatic rings. The highest BCUT2D eigenvalue weighted by Crippen LogP contribution is 2.25. The largest absolute Gasteiger partial charge is 1.00 e. The Morgan fingerprint density at radius 3 is 2.08 bits per heavy atom. The van der Waals surface area contributed by atoms with Crippen molar-refractivity contribution in [3.8, 4) is 0 Å². The summed E-state index contributed by atoms with van der Waals surface area (Å²) >= 11 is 0. The molecular weight excluding hydrogens is 184 g/mol. The van der Waals surface area contributed by atoms with E-state index in [4.69, 9.17) is 5.73 Å². The van der Waals surface area contributed by atoms with Crippen molar-refractivity contribution >= 4 is 11.4 Å². The van der Waals surface area contributed by atoms with Crippen LogP contribution in [0.15, 0.2) is 18.2 Å². The maximum atomic E-state index is 5.81. The fourth-order valence-corrected chi connectivity index (χ4v) is 1.37. The number of nitrogen functional groups attached to an aromatic ring is 1. The molecule has 0 saturated heterocycles. The molecule has 0 bridgehead atoms. The van der Waals surface area contributed by atoms with Crippen LogP contribution in [0.1, 0.15) is 5.56 Å². The lowest BCUT2D eigenvalue weighted by Gasteiger charge is -2.25. The zero-order valence-corrected chi connectivity index (χ0v) is 9.39. The van der Waals surface area contributed by atoms with Crippen molar-refractivity contribution in [3.63, 3.8) is 0 Å². The summed E-state index contributed by atoms with van der Waals surface area (Å²) in [6, 6.07) is 6.06. The third-order valence-corrected chi connectivity index (χ3v) is 2.07. The quantitative estimate of drug-likeness (QED) is 0.447. The van der Waals surface area contributed by atoms with Crippen molar-refractivity contribution in [2.75, 3.05) is 26.9 Å². The highest BCUT2D eigenvalue weighted by Gasteiger charge is 2.15. The van der Waals surface area contributed by atoms with Gasteiger partial charge in [0, 0.05) is 11.3 Å². The Labute approximate surface area is 86.4 Å². The van der Waals surface area contributed by atoms with E-state index < -0.39 is 0 Å². The van der Waals surface area contributed by atoms with Gasteiger partial charge in [-0.05, 0) is 19.1 Å². The molecule has 0 aliphatic heterocycles. The lowest BCUT2D eigenvalue weighted by Crippen LogP contribution is -3.00.